The molecule has 1 unspecified atom stereocenters. The van der Waals surface area contributed by atoms with Gasteiger partial charge in [-0.05, 0) is 48.0 Å². The summed E-state index contributed by atoms with van der Waals surface area (Å²) in [6.45, 7) is -0.295. The van der Waals surface area contributed by atoms with E-state index < -0.39 is 31.4 Å². The molecule has 2 aromatic rings. The van der Waals surface area contributed by atoms with Crippen LogP contribution in [-0.2, 0) is 6.54 Å². The molecule has 2 amide bonds. The molecule has 0 saturated carbocycles. The fourth-order valence-corrected chi connectivity index (χ4v) is 4.20. The average Bonchev–Trinajstić information content (AvgIpc) is 2.72. The lowest BCUT2D eigenvalue weighted by Crippen LogP contribution is -2.58. The highest BCUT2D eigenvalue weighted by Gasteiger charge is 2.30. The van der Waals surface area contributed by atoms with Crippen molar-refractivity contribution in [2.75, 3.05) is 38.7 Å². The standard InChI is InChI=1S/C21H25Cl2N3O4/c1-26-8-17(16-6-14(22)7-19(23)18(16)9-26)13-3-2-4-15(5-13)24-20(30)25-21(10-27,11-28)12-29/h2-7,17,27-29H,8-12H2,1H3,(H2,24,25,30). The van der Waals surface area contributed by atoms with Crippen LogP contribution in [0, 0.1) is 0 Å². The number of carbonyl (C=O) groups excluding carboxylic acids is 1. The van der Waals surface area contributed by atoms with Gasteiger partial charge in [0.15, 0.2) is 0 Å². The van der Waals surface area contributed by atoms with E-state index in [1.165, 1.54) is 0 Å². The van der Waals surface area contributed by atoms with Gasteiger partial charge < -0.3 is 30.9 Å². The van der Waals surface area contributed by atoms with Gasteiger partial charge in [-0.15, -0.1) is 0 Å². The second-order valence-corrected chi connectivity index (χ2v) is 8.51. The van der Waals surface area contributed by atoms with Crippen LogP contribution in [0.3, 0.4) is 0 Å². The Morgan fingerprint density at radius 3 is 2.53 bits per heavy atom. The first-order valence-electron chi connectivity index (χ1n) is 9.49. The number of anilines is 1. The fourth-order valence-electron chi connectivity index (χ4n) is 3.64. The third-order valence-corrected chi connectivity index (χ3v) is 5.88. The summed E-state index contributed by atoms with van der Waals surface area (Å²) < 4.78 is 0. The summed E-state index contributed by atoms with van der Waals surface area (Å²) in [5, 5.41) is 34.5. The highest BCUT2D eigenvalue weighted by Crippen LogP contribution is 2.38. The van der Waals surface area contributed by atoms with Crippen molar-refractivity contribution >= 4 is 34.9 Å². The van der Waals surface area contributed by atoms with E-state index >= 15 is 0 Å². The second-order valence-electron chi connectivity index (χ2n) is 7.66. The zero-order valence-electron chi connectivity index (χ0n) is 16.5. The Labute approximate surface area is 185 Å². The Hall–Kier alpha value is -1.87. The Morgan fingerprint density at radius 1 is 1.17 bits per heavy atom. The van der Waals surface area contributed by atoms with Crippen molar-refractivity contribution < 1.29 is 20.1 Å². The Bertz CT molecular complexity index is 913. The van der Waals surface area contributed by atoms with Crippen LogP contribution in [-0.4, -0.2) is 65.2 Å². The lowest BCUT2D eigenvalue weighted by atomic mass is 9.84. The van der Waals surface area contributed by atoms with Gasteiger partial charge in [-0.1, -0.05) is 35.3 Å². The van der Waals surface area contributed by atoms with Crippen LogP contribution < -0.4 is 10.6 Å². The van der Waals surface area contributed by atoms with E-state index in [1.807, 2.05) is 31.3 Å². The Kier molecular flexibility index (Phi) is 7.23. The number of hydrogen-bond acceptors (Lipinski definition) is 5. The molecule has 30 heavy (non-hydrogen) atoms. The largest absolute Gasteiger partial charge is 0.394 e. The zero-order valence-corrected chi connectivity index (χ0v) is 18.0. The molecule has 3 rings (SSSR count). The molecule has 2 aromatic carbocycles. The van der Waals surface area contributed by atoms with Crippen LogP contribution in [0.4, 0.5) is 10.5 Å². The molecular weight excluding hydrogens is 429 g/mol. The second kappa shape index (κ2) is 9.51. The first-order chi connectivity index (χ1) is 14.3. The number of amides is 2. The average molecular weight is 454 g/mol. The number of halogens is 2. The van der Waals surface area contributed by atoms with Gasteiger partial charge in [0.05, 0.1) is 19.8 Å². The van der Waals surface area contributed by atoms with E-state index in [9.17, 15) is 20.1 Å². The van der Waals surface area contributed by atoms with Crippen molar-refractivity contribution in [3.05, 3.63) is 63.1 Å². The van der Waals surface area contributed by atoms with Gasteiger partial charge in [-0.3, -0.25) is 0 Å². The molecule has 7 nitrogen and oxygen atoms in total. The summed E-state index contributed by atoms with van der Waals surface area (Å²) in [6, 6.07) is 10.5. The predicted octanol–water partition coefficient (Wildman–Crippen LogP) is 2.41. The Balaban J connectivity index is 1.85. The van der Waals surface area contributed by atoms with E-state index in [-0.39, 0.29) is 5.92 Å². The minimum Gasteiger partial charge on any atom is -0.394 e. The summed E-state index contributed by atoms with van der Waals surface area (Å²) in [5.74, 6) is 0.0196. The van der Waals surface area contributed by atoms with Crippen LogP contribution in [0.1, 0.15) is 22.6 Å². The van der Waals surface area contributed by atoms with E-state index in [1.54, 1.807) is 12.1 Å². The molecule has 0 aliphatic carbocycles. The third-order valence-electron chi connectivity index (χ3n) is 5.33. The molecule has 1 heterocycles. The molecule has 1 aliphatic heterocycles. The number of aliphatic hydroxyl groups excluding tert-OH is 3. The molecule has 1 atom stereocenters. The molecular formula is C21H25Cl2N3O4. The van der Waals surface area contributed by atoms with Crippen molar-refractivity contribution in [3.8, 4) is 0 Å². The van der Waals surface area contributed by atoms with Gasteiger partial charge in [-0.2, -0.15) is 0 Å². The van der Waals surface area contributed by atoms with Gasteiger partial charge in [-0.25, -0.2) is 4.79 Å². The number of nitrogens with one attached hydrogen (secondary N) is 2. The first kappa shape index (κ1) is 22.8. The number of fused-ring (bicyclic) bond motifs is 1. The van der Waals surface area contributed by atoms with Crippen LogP contribution in [0.5, 0.6) is 0 Å². The maximum absolute atomic E-state index is 12.3. The SMILES string of the molecule is CN1Cc2c(Cl)cc(Cl)cc2C(c2cccc(NC(=O)NC(CO)(CO)CO)c2)C1. The normalized spacial score (nSPS) is 16.8. The van der Waals surface area contributed by atoms with Gasteiger partial charge in [0.2, 0.25) is 0 Å². The lowest BCUT2D eigenvalue weighted by molar-refractivity contribution is 0.0507. The summed E-state index contributed by atoms with van der Waals surface area (Å²) >= 11 is 12.7. The van der Waals surface area contributed by atoms with Gasteiger partial charge >= 0.3 is 6.03 Å². The summed E-state index contributed by atoms with van der Waals surface area (Å²) in [7, 11) is 2.02. The summed E-state index contributed by atoms with van der Waals surface area (Å²) in [6.07, 6.45) is 0. The molecule has 0 bridgehead atoms. The molecule has 1 aliphatic rings. The van der Waals surface area contributed by atoms with Crippen molar-refractivity contribution in [3.63, 3.8) is 0 Å². The van der Waals surface area contributed by atoms with Gasteiger partial charge in [0.1, 0.15) is 5.54 Å². The monoisotopic (exact) mass is 453 g/mol. The van der Waals surface area contributed by atoms with Gasteiger partial charge in [0.25, 0.3) is 0 Å². The molecule has 9 heteroatoms. The van der Waals surface area contributed by atoms with E-state index in [4.69, 9.17) is 23.2 Å². The lowest BCUT2D eigenvalue weighted by Gasteiger charge is -2.33. The van der Waals surface area contributed by atoms with Crippen molar-refractivity contribution in [1.82, 2.24) is 10.2 Å². The van der Waals surface area contributed by atoms with E-state index in [0.717, 1.165) is 29.8 Å². The molecule has 0 aromatic heterocycles. The number of urea groups is 1. The van der Waals surface area contributed by atoms with Crippen LogP contribution in [0.15, 0.2) is 36.4 Å². The third kappa shape index (κ3) is 4.88. The topological polar surface area (TPSA) is 105 Å². The maximum atomic E-state index is 12.3. The molecule has 5 N–H and O–H groups in total. The number of benzene rings is 2. The highest BCUT2D eigenvalue weighted by atomic mass is 35.5. The minimum atomic E-state index is -1.50. The van der Waals surface area contributed by atoms with Crippen molar-refractivity contribution in [1.29, 1.82) is 0 Å². The Morgan fingerprint density at radius 2 is 1.87 bits per heavy atom. The van der Waals surface area contributed by atoms with Crippen LogP contribution >= 0.6 is 23.2 Å². The molecule has 0 fully saturated rings. The summed E-state index contributed by atoms with van der Waals surface area (Å²) in [4.78, 5) is 14.5. The molecule has 162 valence electrons. The number of carbonyl (C=O) groups is 1. The smallest absolute Gasteiger partial charge is 0.319 e. The molecule has 0 radical (unpaired) electrons. The van der Waals surface area contributed by atoms with Crippen LogP contribution in [0.2, 0.25) is 10.0 Å². The van der Waals surface area contributed by atoms with E-state index in [0.29, 0.717) is 15.7 Å². The number of aliphatic hydroxyl groups is 3. The van der Waals surface area contributed by atoms with Crippen LogP contribution in [0.25, 0.3) is 0 Å². The van der Waals surface area contributed by atoms with E-state index in [2.05, 4.69) is 15.5 Å². The fraction of sp³-hybridized carbons (Fsp3) is 0.381. The highest BCUT2D eigenvalue weighted by molar-refractivity contribution is 6.35. The number of nitrogens with zero attached hydrogens (tertiary/aromatic N) is 1. The first-order valence-corrected chi connectivity index (χ1v) is 10.2. The number of likely N-dealkylation sites (N-methyl/N-ethyl adjacent to an activating group) is 1. The molecule has 0 saturated heterocycles. The van der Waals surface area contributed by atoms with Gasteiger partial charge in [0, 0.05) is 34.7 Å². The zero-order chi connectivity index (χ0) is 21.9. The molecule has 0 spiro atoms. The minimum absolute atomic E-state index is 0.0196. The number of rotatable bonds is 6. The maximum Gasteiger partial charge on any atom is 0.319 e. The van der Waals surface area contributed by atoms with Crippen molar-refractivity contribution in [2.45, 2.75) is 18.0 Å². The quantitative estimate of drug-likeness (QED) is 0.461. The number of hydrogen-bond donors (Lipinski definition) is 5. The van der Waals surface area contributed by atoms with Crippen molar-refractivity contribution in [2.24, 2.45) is 0 Å². The predicted molar refractivity (Wildman–Crippen MR) is 117 cm³/mol. The summed E-state index contributed by atoms with van der Waals surface area (Å²) in [5.41, 5.74) is 2.12.